The van der Waals surface area contributed by atoms with Crippen molar-refractivity contribution < 1.29 is 4.74 Å². The van der Waals surface area contributed by atoms with Gasteiger partial charge >= 0.3 is 0 Å². The van der Waals surface area contributed by atoms with Crippen LogP contribution in [0.2, 0.25) is 10.0 Å². The van der Waals surface area contributed by atoms with E-state index >= 15 is 0 Å². The number of nitrogens with zero attached hydrogens (tertiary/aromatic N) is 2. The minimum atomic E-state index is 0.653. The van der Waals surface area contributed by atoms with Crippen molar-refractivity contribution in [3.05, 3.63) is 63.7 Å². The van der Waals surface area contributed by atoms with E-state index in [1.807, 2.05) is 37.3 Å². The average molecular weight is 416 g/mol. The van der Waals surface area contributed by atoms with E-state index in [1.165, 1.54) is 0 Å². The van der Waals surface area contributed by atoms with Gasteiger partial charge < -0.3 is 10.1 Å². The Bertz CT molecular complexity index is 1130. The predicted octanol–water partition coefficient (Wildman–Crippen LogP) is 6.73. The number of hydrogen-bond donors (Lipinski definition) is 1. The van der Waals surface area contributed by atoms with E-state index in [0.717, 1.165) is 32.6 Å². The van der Waals surface area contributed by atoms with Gasteiger partial charge in [-0.25, -0.2) is 9.97 Å². The van der Waals surface area contributed by atoms with Gasteiger partial charge in [0.2, 0.25) is 0 Å². The van der Waals surface area contributed by atoms with Gasteiger partial charge in [-0.05, 0) is 36.2 Å². The Balaban J connectivity index is 1.85. The van der Waals surface area contributed by atoms with E-state index < -0.39 is 0 Å². The van der Waals surface area contributed by atoms with Gasteiger partial charge in [-0.15, -0.1) is 11.3 Å². The first-order chi connectivity index (χ1) is 13.1. The highest BCUT2D eigenvalue weighted by Gasteiger charge is 2.15. The van der Waals surface area contributed by atoms with Gasteiger partial charge in [-0.2, -0.15) is 0 Å². The molecule has 0 spiro atoms. The summed E-state index contributed by atoms with van der Waals surface area (Å²) in [7, 11) is 1.62. The fraction of sp³-hybridized carbons (Fsp3) is 0.100. The Labute approximate surface area is 170 Å². The van der Waals surface area contributed by atoms with Crippen LogP contribution in [-0.2, 0) is 0 Å². The van der Waals surface area contributed by atoms with Gasteiger partial charge in [0, 0.05) is 27.1 Å². The van der Waals surface area contributed by atoms with Gasteiger partial charge in [0.15, 0.2) is 0 Å². The number of fused-ring (bicyclic) bond motifs is 1. The van der Waals surface area contributed by atoms with Gasteiger partial charge in [0.25, 0.3) is 0 Å². The van der Waals surface area contributed by atoms with Crippen molar-refractivity contribution in [2.75, 3.05) is 12.4 Å². The smallest absolute Gasteiger partial charge is 0.143 e. The molecule has 4 aromatic rings. The molecule has 4 rings (SSSR count). The number of benzene rings is 2. The zero-order valence-corrected chi connectivity index (χ0v) is 16.9. The lowest BCUT2D eigenvalue weighted by atomic mass is 10.1. The number of rotatable bonds is 4. The van der Waals surface area contributed by atoms with Gasteiger partial charge in [-0.1, -0.05) is 35.3 Å². The summed E-state index contributed by atoms with van der Waals surface area (Å²) in [5.41, 5.74) is 3.86. The molecule has 0 atom stereocenters. The summed E-state index contributed by atoms with van der Waals surface area (Å²) >= 11 is 13.8. The van der Waals surface area contributed by atoms with Crippen molar-refractivity contribution in [2.45, 2.75) is 6.92 Å². The van der Waals surface area contributed by atoms with Crippen molar-refractivity contribution in [3.63, 3.8) is 0 Å². The molecular formula is C20H15Cl2N3OS. The molecule has 0 unspecified atom stereocenters. The lowest BCUT2D eigenvalue weighted by Crippen LogP contribution is -1.99. The maximum Gasteiger partial charge on any atom is 0.143 e. The summed E-state index contributed by atoms with van der Waals surface area (Å²) in [6.45, 7) is 1.95. The van der Waals surface area contributed by atoms with Gasteiger partial charge in [0.1, 0.15) is 22.7 Å². The topological polar surface area (TPSA) is 47.0 Å². The molecule has 2 heterocycles. The fourth-order valence-corrected chi connectivity index (χ4v) is 4.06. The third-order valence-electron chi connectivity index (χ3n) is 4.26. The van der Waals surface area contributed by atoms with Crippen LogP contribution in [0.3, 0.4) is 0 Å². The molecule has 7 heteroatoms. The first-order valence-corrected chi connectivity index (χ1v) is 9.79. The molecule has 0 fully saturated rings. The molecule has 0 radical (unpaired) electrons. The first kappa shape index (κ1) is 18.0. The van der Waals surface area contributed by atoms with Crippen LogP contribution in [0.4, 0.5) is 11.5 Å². The molecule has 0 bridgehead atoms. The van der Waals surface area contributed by atoms with E-state index in [2.05, 4.69) is 20.7 Å². The summed E-state index contributed by atoms with van der Waals surface area (Å²) in [5.74, 6) is 1.37. The molecule has 1 N–H and O–H groups in total. The second-order valence-electron chi connectivity index (χ2n) is 5.99. The number of nitrogens with one attached hydrogen (secondary N) is 1. The molecule has 27 heavy (non-hydrogen) atoms. The molecule has 0 aliphatic heterocycles. The van der Waals surface area contributed by atoms with Crippen molar-refractivity contribution in [1.29, 1.82) is 0 Å². The molecule has 2 aromatic heterocycles. The number of thiophene rings is 1. The molecule has 0 aliphatic rings. The monoisotopic (exact) mass is 415 g/mol. The van der Waals surface area contributed by atoms with Crippen LogP contribution in [-0.4, -0.2) is 17.1 Å². The fourth-order valence-electron chi connectivity index (χ4n) is 2.87. The highest BCUT2D eigenvalue weighted by molar-refractivity contribution is 7.17. The average Bonchev–Trinajstić information content (AvgIpc) is 3.10. The Kier molecular flexibility index (Phi) is 4.91. The molecule has 136 valence electrons. The van der Waals surface area contributed by atoms with Crippen LogP contribution in [0.5, 0.6) is 5.75 Å². The molecular weight excluding hydrogens is 401 g/mol. The third-order valence-corrected chi connectivity index (χ3v) is 5.80. The normalized spacial score (nSPS) is 11.0. The highest BCUT2D eigenvalue weighted by atomic mass is 35.5. The first-order valence-electron chi connectivity index (χ1n) is 8.16. The zero-order valence-electron chi connectivity index (χ0n) is 14.6. The van der Waals surface area contributed by atoms with Gasteiger partial charge in [0.05, 0.1) is 18.2 Å². The molecule has 2 aromatic carbocycles. The number of ether oxygens (including phenoxy) is 1. The van der Waals surface area contributed by atoms with E-state index in [0.29, 0.717) is 21.6 Å². The minimum absolute atomic E-state index is 0.653. The number of methoxy groups -OCH3 is 1. The largest absolute Gasteiger partial charge is 0.495 e. The summed E-state index contributed by atoms with van der Waals surface area (Å²) in [4.78, 5) is 9.79. The Morgan fingerprint density at radius 1 is 1.07 bits per heavy atom. The van der Waals surface area contributed by atoms with Gasteiger partial charge in [-0.3, -0.25) is 0 Å². The maximum atomic E-state index is 6.22. The van der Waals surface area contributed by atoms with E-state index in [-0.39, 0.29) is 0 Å². The van der Waals surface area contributed by atoms with Crippen LogP contribution in [0.25, 0.3) is 21.3 Å². The Hall–Kier alpha value is -2.34. The summed E-state index contributed by atoms with van der Waals surface area (Å²) in [5, 5.41) is 7.79. The van der Waals surface area contributed by atoms with Crippen LogP contribution in [0.15, 0.2) is 48.1 Å². The van der Waals surface area contributed by atoms with Crippen LogP contribution < -0.4 is 10.1 Å². The number of aromatic nitrogens is 2. The van der Waals surface area contributed by atoms with E-state index in [1.54, 1.807) is 30.8 Å². The molecule has 0 saturated heterocycles. The minimum Gasteiger partial charge on any atom is -0.495 e. The number of halogens is 2. The van der Waals surface area contributed by atoms with Crippen molar-refractivity contribution in [1.82, 2.24) is 9.97 Å². The third kappa shape index (κ3) is 3.46. The maximum absolute atomic E-state index is 6.22. The lowest BCUT2D eigenvalue weighted by Gasteiger charge is -2.14. The summed E-state index contributed by atoms with van der Waals surface area (Å²) in [6, 6.07) is 11.5. The van der Waals surface area contributed by atoms with Crippen LogP contribution >= 0.6 is 34.5 Å². The van der Waals surface area contributed by atoms with Crippen molar-refractivity contribution >= 4 is 56.3 Å². The van der Waals surface area contributed by atoms with Crippen LogP contribution in [0, 0.1) is 6.92 Å². The quantitative estimate of drug-likeness (QED) is 0.401. The second-order valence-corrected chi connectivity index (χ2v) is 7.69. The number of anilines is 2. The highest BCUT2D eigenvalue weighted by Crippen LogP contribution is 2.39. The molecule has 4 nitrogen and oxygen atoms in total. The van der Waals surface area contributed by atoms with Crippen molar-refractivity contribution in [2.24, 2.45) is 0 Å². The number of aryl methyl sites for hydroxylation is 1. The van der Waals surface area contributed by atoms with Crippen LogP contribution in [0.1, 0.15) is 5.56 Å². The second kappa shape index (κ2) is 7.35. The molecule has 0 saturated carbocycles. The standard InChI is InChI=1S/C20H15Cl2N3OS/c1-11-7-16(17(26-2)8-15(11)22)25-19-18-14(9-27-20(18)24-10-23-19)12-3-5-13(21)6-4-12/h3-10H,1-2H3,(H,23,24,25). The Morgan fingerprint density at radius 2 is 1.85 bits per heavy atom. The summed E-state index contributed by atoms with van der Waals surface area (Å²) < 4.78 is 5.47. The van der Waals surface area contributed by atoms with E-state index in [4.69, 9.17) is 27.9 Å². The SMILES string of the molecule is COc1cc(Cl)c(C)cc1Nc1ncnc2scc(-c3ccc(Cl)cc3)c12. The molecule has 0 amide bonds. The lowest BCUT2D eigenvalue weighted by molar-refractivity contribution is 0.416. The molecule has 0 aliphatic carbocycles. The number of hydrogen-bond acceptors (Lipinski definition) is 5. The van der Waals surface area contributed by atoms with E-state index in [9.17, 15) is 0 Å². The Morgan fingerprint density at radius 3 is 2.59 bits per heavy atom. The zero-order chi connectivity index (χ0) is 19.0. The predicted molar refractivity (Wildman–Crippen MR) is 114 cm³/mol. The van der Waals surface area contributed by atoms with Crippen molar-refractivity contribution in [3.8, 4) is 16.9 Å². The summed E-state index contributed by atoms with van der Waals surface area (Å²) in [6.07, 6.45) is 1.56.